The third-order valence-electron chi connectivity index (χ3n) is 6.46. The summed E-state index contributed by atoms with van der Waals surface area (Å²) in [5.74, 6) is -0.495. The SMILES string of the molecule is CCn1c2ccccc2c2cc(NC(=O)CN(c3ccc(Cl)c(Cl)c3)S(=O)(=O)c3ccc(C)cc3)ccc21. The van der Waals surface area contributed by atoms with Crippen molar-refractivity contribution < 1.29 is 13.2 Å². The minimum Gasteiger partial charge on any atom is -0.341 e. The first-order valence-corrected chi connectivity index (χ1v) is 14.2. The van der Waals surface area contributed by atoms with Crippen molar-refractivity contribution in [1.82, 2.24) is 4.57 Å². The van der Waals surface area contributed by atoms with Gasteiger partial charge in [0.15, 0.2) is 0 Å². The first-order chi connectivity index (χ1) is 18.2. The molecule has 0 fully saturated rings. The minimum atomic E-state index is -4.08. The summed E-state index contributed by atoms with van der Waals surface area (Å²) >= 11 is 12.3. The Morgan fingerprint density at radius 3 is 2.29 bits per heavy atom. The number of amides is 1. The second-order valence-electron chi connectivity index (χ2n) is 8.96. The highest BCUT2D eigenvalue weighted by Gasteiger charge is 2.28. The Morgan fingerprint density at radius 2 is 1.58 bits per heavy atom. The van der Waals surface area contributed by atoms with Crippen molar-refractivity contribution in [2.45, 2.75) is 25.3 Å². The molecule has 0 unspecified atom stereocenters. The van der Waals surface area contributed by atoms with Gasteiger partial charge in [0.1, 0.15) is 6.54 Å². The number of benzene rings is 4. The van der Waals surface area contributed by atoms with Crippen LogP contribution < -0.4 is 9.62 Å². The van der Waals surface area contributed by atoms with Crippen LogP contribution in [0.3, 0.4) is 0 Å². The second-order valence-corrected chi connectivity index (χ2v) is 11.6. The van der Waals surface area contributed by atoms with Gasteiger partial charge in [0.25, 0.3) is 10.0 Å². The molecule has 5 rings (SSSR count). The normalized spacial score (nSPS) is 11.7. The van der Waals surface area contributed by atoms with Crippen molar-refractivity contribution in [1.29, 1.82) is 0 Å². The number of para-hydroxylation sites is 1. The molecular weight excluding hydrogens is 541 g/mol. The largest absolute Gasteiger partial charge is 0.341 e. The van der Waals surface area contributed by atoms with Crippen LogP contribution in [-0.4, -0.2) is 25.4 Å². The van der Waals surface area contributed by atoms with E-state index in [9.17, 15) is 13.2 Å². The molecule has 1 N–H and O–H groups in total. The average Bonchev–Trinajstić information content (AvgIpc) is 3.22. The number of halogens is 2. The average molecular weight is 567 g/mol. The van der Waals surface area contributed by atoms with Crippen molar-refractivity contribution in [3.8, 4) is 0 Å². The van der Waals surface area contributed by atoms with E-state index in [1.807, 2.05) is 37.3 Å². The maximum atomic E-state index is 13.7. The van der Waals surface area contributed by atoms with Crippen LogP contribution >= 0.6 is 23.2 Å². The first-order valence-electron chi connectivity index (χ1n) is 12.0. The highest BCUT2D eigenvalue weighted by Crippen LogP contribution is 2.32. The van der Waals surface area contributed by atoms with Crippen molar-refractivity contribution in [3.05, 3.63) is 101 Å². The fraction of sp³-hybridized carbons (Fsp3) is 0.138. The van der Waals surface area contributed by atoms with Crippen molar-refractivity contribution in [3.63, 3.8) is 0 Å². The Bertz CT molecular complexity index is 1780. The fourth-order valence-electron chi connectivity index (χ4n) is 4.60. The Morgan fingerprint density at radius 1 is 0.868 bits per heavy atom. The van der Waals surface area contributed by atoms with Crippen molar-refractivity contribution in [2.24, 2.45) is 0 Å². The lowest BCUT2D eigenvalue weighted by Gasteiger charge is -2.24. The number of rotatable bonds is 7. The van der Waals surface area contributed by atoms with Gasteiger partial charge in [-0.1, -0.05) is 59.1 Å². The molecule has 0 aliphatic heterocycles. The maximum Gasteiger partial charge on any atom is 0.264 e. The quantitative estimate of drug-likeness (QED) is 0.225. The Labute approximate surface area is 231 Å². The predicted octanol–water partition coefficient (Wildman–Crippen LogP) is 7.26. The third-order valence-corrected chi connectivity index (χ3v) is 8.99. The molecule has 1 amide bonds. The highest BCUT2D eigenvalue weighted by atomic mass is 35.5. The van der Waals surface area contributed by atoms with Crippen LogP contribution in [0.15, 0.2) is 89.8 Å². The monoisotopic (exact) mass is 565 g/mol. The number of sulfonamides is 1. The molecule has 1 heterocycles. The van der Waals surface area contributed by atoms with Gasteiger partial charge in [-0.3, -0.25) is 9.10 Å². The molecule has 0 saturated heterocycles. The number of fused-ring (bicyclic) bond motifs is 3. The van der Waals surface area contributed by atoms with Gasteiger partial charge >= 0.3 is 0 Å². The number of anilines is 2. The summed E-state index contributed by atoms with van der Waals surface area (Å²) in [6.07, 6.45) is 0. The Balaban J connectivity index is 1.49. The molecule has 0 aliphatic carbocycles. The summed E-state index contributed by atoms with van der Waals surface area (Å²) in [4.78, 5) is 13.3. The molecule has 0 bridgehead atoms. The number of nitrogens with one attached hydrogen (secondary N) is 1. The van der Waals surface area contributed by atoms with Crippen LogP contribution in [0, 0.1) is 6.92 Å². The van der Waals surface area contributed by atoms with E-state index in [0.29, 0.717) is 5.69 Å². The fourth-order valence-corrected chi connectivity index (χ4v) is 6.30. The summed E-state index contributed by atoms with van der Waals surface area (Å²) in [6, 6.07) is 24.7. The molecule has 0 aliphatic rings. The number of nitrogens with zero attached hydrogens (tertiary/aromatic N) is 2. The molecule has 4 aromatic carbocycles. The van der Waals surface area contributed by atoms with Crippen LogP contribution in [0.2, 0.25) is 10.0 Å². The van der Waals surface area contributed by atoms with Crippen LogP contribution in [0.5, 0.6) is 0 Å². The lowest BCUT2D eigenvalue weighted by atomic mass is 10.1. The summed E-state index contributed by atoms with van der Waals surface area (Å²) in [6.45, 7) is 4.32. The predicted molar refractivity (Wildman–Crippen MR) is 156 cm³/mol. The Kier molecular flexibility index (Phi) is 7.09. The standard InChI is InChI=1S/C29H25Cl2N3O3S/c1-3-33-27-7-5-4-6-23(27)24-16-20(10-15-28(24)33)32-29(35)18-34(21-11-14-25(30)26(31)17-21)38(36,37)22-12-8-19(2)9-13-22/h4-17H,3,18H2,1-2H3,(H,32,35). The van der Waals surface area contributed by atoms with E-state index < -0.39 is 22.5 Å². The number of carbonyl (C=O) groups is 1. The lowest BCUT2D eigenvalue weighted by Crippen LogP contribution is -2.38. The van der Waals surface area contributed by atoms with E-state index in [1.54, 1.807) is 12.1 Å². The maximum absolute atomic E-state index is 13.7. The molecule has 38 heavy (non-hydrogen) atoms. The second kappa shape index (κ2) is 10.3. The highest BCUT2D eigenvalue weighted by molar-refractivity contribution is 7.92. The third kappa shape index (κ3) is 4.85. The van der Waals surface area contributed by atoms with Crippen LogP contribution in [0.25, 0.3) is 21.8 Å². The van der Waals surface area contributed by atoms with Crippen LogP contribution in [-0.2, 0) is 21.4 Å². The minimum absolute atomic E-state index is 0.0655. The summed E-state index contributed by atoms with van der Waals surface area (Å²) in [5.41, 5.74) is 3.90. The van der Waals surface area contributed by atoms with Gasteiger partial charge in [-0.25, -0.2) is 8.42 Å². The van der Waals surface area contributed by atoms with Gasteiger partial charge in [-0.15, -0.1) is 0 Å². The van der Waals surface area contributed by atoms with E-state index in [2.05, 4.69) is 28.9 Å². The van der Waals surface area contributed by atoms with Crippen molar-refractivity contribution >= 4 is 72.3 Å². The van der Waals surface area contributed by atoms with E-state index >= 15 is 0 Å². The molecule has 6 nitrogen and oxygen atoms in total. The van der Waals surface area contributed by atoms with Gasteiger partial charge in [0, 0.05) is 34.0 Å². The number of hydrogen-bond acceptors (Lipinski definition) is 3. The van der Waals surface area contributed by atoms with E-state index in [0.717, 1.165) is 38.2 Å². The molecule has 1 aromatic heterocycles. The zero-order valence-electron chi connectivity index (χ0n) is 20.8. The van der Waals surface area contributed by atoms with Crippen LogP contribution in [0.1, 0.15) is 12.5 Å². The summed E-state index contributed by atoms with van der Waals surface area (Å²) in [7, 11) is -4.08. The van der Waals surface area contributed by atoms with E-state index in [-0.39, 0.29) is 20.6 Å². The molecule has 0 radical (unpaired) electrons. The number of carbonyl (C=O) groups excluding carboxylic acids is 1. The van der Waals surface area contributed by atoms with E-state index in [4.69, 9.17) is 23.2 Å². The zero-order valence-corrected chi connectivity index (χ0v) is 23.1. The van der Waals surface area contributed by atoms with E-state index in [1.165, 1.54) is 30.3 Å². The first kappa shape index (κ1) is 26.1. The molecule has 0 saturated carbocycles. The lowest BCUT2D eigenvalue weighted by molar-refractivity contribution is -0.114. The molecular formula is C29H25Cl2N3O3S. The van der Waals surface area contributed by atoms with Crippen molar-refractivity contribution in [2.75, 3.05) is 16.2 Å². The molecule has 0 atom stereocenters. The van der Waals surface area contributed by atoms with Crippen LogP contribution in [0.4, 0.5) is 11.4 Å². The molecule has 194 valence electrons. The Hall–Kier alpha value is -3.52. The number of aryl methyl sites for hydroxylation is 2. The molecule has 5 aromatic rings. The van der Waals surface area contributed by atoms with Gasteiger partial charge in [0.2, 0.25) is 5.91 Å². The van der Waals surface area contributed by atoms with Gasteiger partial charge in [-0.2, -0.15) is 0 Å². The molecule has 0 spiro atoms. The zero-order chi connectivity index (χ0) is 27.0. The van der Waals surface area contributed by atoms with Gasteiger partial charge < -0.3 is 9.88 Å². The number of hydrogen-bond donors (Lipinski definition) is 1. The van der Waals surface area contributed by atoms with Gasteiger partial charge in [0.05, 0.1) is 20.6 Å². The number of aromatic nitrogens is 1. The topological polar surface area (TPSA) is 71.4 Å². The molecule has 9 heteroatoms. The summed E-state index contributed by atoms with van der Waals surface area (Å²) in [5, 5.41) is 5.43. The smallest absolute Gasteiger partial charge is 0.264 e. The van der Waals surface area contributed by atoms with Gasteiger partial charge in [-0.05, 0) is 68.4 Å². The summed E-state index contributed by atoms with van der Waals surface area (Å²) < 4.78 is 30.6.